The molecule has 0 aromatic carbocycles. The summed E-state index contributed by atoms with van der Waals surface area (Å²) in [5.74, 6) is -1.43. The molecule has 4 rings (SSSR count). The molecule has 35 heavy (non-hydrogen) atoms. The molecule has 0 bridgehead atoms. The van der Waals surface area contributed by atoms with Crippen LogP contribution >= 0.6 is 0 Å². The first-order valence-corrected chi connectivity index (χ1v) is 11.2. The van der Waals surface area contributed by atoms with E-state index in [0.717, 1.165) is 48.9 Å². The lowest BCUT2D eigenvalue weighted by Crippen LogP contribution is -2.42. The van der Waals surface area contributed by atoms with E-state index in [1.807, 2.05) is 6.07 Å². The Bertz CT molecular complexity index is 1580. The molecule has 0 aliphatic heterocycles. The molecule has 0 saturated carbocycles. The Morgan fingerprint density at radius 1 is 1.06 bits per heavy atom. The number of hydrogen-bond donors (Lipinski definition) is 1. The summed E-state index contributed by atoms with van der Waals surface area (Å²) in [6, 6.07) is 4.87. The van der Waals surface area contributed by atoms with Crippen molar-refractivity contribution in [1.29, 1.82) is 5.26 Å². The summed E-state index contributed by atoms with van der Waals surface area (Å²) in [6.45, 7) is 0.648. The maximum Gasteiger partial charge on any atom is 0.404 e. The van der Waals surface area contributed by atoms with Gasteiger partial charge < -0.3 is 0 Å². The second kappa shape index (κ2) is 8.67. The molecule has 0 radical (unpaired) electrons. The van der Waals surface area contributed by atoms with Crippen LogP contribution < -0.4 is 4.72 Å². The van der Waals surface area contributed by atoms with Crippen LogP contribution in [0.1, 0.15) is 12.5 Å². The van der Waals surface area contributed by atoms with E-state index in [-0.39, 0.29) is 33.8 Å². The van der Waals surface area contributed by atoms with Crippen molar-refractivity contribution in [2.75, 3.05) is 0 Å². The van der Waals surface area contributed by atoms with Gasteiger partial charge in [-0.15, -0.1) is 0 Å². The first kappa shape index (κ1) is 24.2. The van der Waals surface area contributed by atoms with Crippen LogP contribution in [-0.4, -0.2) is 40.2 Å². The van der Waals surface area contributed by atoms with E-state index in [1.54, 1.807) is 0 Å². The zero-order valence-electron chi connectivity index (χ0n) is 17.5. The summed E-state index contributed by atoms with van der Waals surface area (Å²) in [7, 11) is -4.58. The Kier molecular flexibility index (Phi) is 5.99. The molecule has 8 nitrogen and oxygen atoms in total. The van der Waals surface area contributed by atoms with E-state index in [2.05, 4.69) is 15.0 Å². The zero-order valence-corrected chi connectivity index (χ0v) is 18.4. The third kappa shape index (κ3) is 4.55. The van der Waals surface area contributed by atoms with Gasteiger partial charge in [0.1, 0.15) is 40.1 Å². The Morgan fingerprint density at radius 3 is 2.40 bits per heavy atom. The first-order chi connectivity index (χ1) is 16.4. The quantitative estimate of drug-likeness (QED) is 0.410. The molecule has 4 aromatic rings. The third-order valence-corrected chi connectivity index (χ3v) is 6.46. The Morgan fingerprint density at radius 2 is 1.80 bits per heavy atom. The van der Waals surface area contributed by atoms with Crippen molar-refractivity contribution in [3.63, 3.8) is 0 Å². The number of pyridine rings is 3. The van der Waals surface area contributed by atoms with Gasteiger partial charge in [-0.3, -0.25) is 9.55 Å². The molecule has 4 aromatic heterocycles. The molecule has 14 heteroatoms. The molecular formula is C21H13F5N6O2S. The number of rotatable bonds is 5. The minimum atomic E-state index is -4.80. The Labute approximate surface area is 194 Å². The highest BCUT2D eigenvalue weighted by Gasteiger charge is 2.39. The van der Waals surface area contributed by atoms with Gasteiger partial charge in [-0.2, -0.15) is 23.2 Å². The summed E-state index contributed by atoms with van der Waals surface area (Å²) in [5, 5.41) is 9.86. The molecule has 1 atom stereocenters. The van der Waals surface area contributed by atoms with Crippen LogP contribution in [-0.2, 0) is 10.0 Å². The van der Waals surface area contributed by atoms with Crippen LogP contribution in [0, 0.1) is 23.0 Å². The Balaban J connectivity index is 1.89. The molecule has 0 saturated heterocycles. The number of nitrogens with one attached hydrogen (secondary N) is 1. The second-order valence-corrected chi connectivity index (χ2v) is 9.01. The standard InChI is InChI=1S/C21H13F5N6O2S/c1-11(21(24,25)26)31-35(33,34)14-2-3-17(29-10-14)19-16(8-27)15-6-13(23)9-30-20(15)32(19)18-7-12(22)4-5-28-18/h2-7,9-11,31H,1H3. The zero-order chi connectivity index (χ0) is 25.5. The van der Waals surface area contributed by atoms with E-state index in [4.69, 9.17) is 0 Å². The molecular weight excluding hydrogens is 495 g/mol. The molecule has 0 amide bonds. The minimum absolute atomic E-state index is 0.000679. The maximum absolute atomic E-state index is 13.9. The number of halogens is 5. The highest BCUT2D eigenvalue weighted by molar-refractivity contribution is 7.89. The largest absolute Gasteiger partial charge is 0.404 e. The SMILES string of the molecule is CC(NS(=O)(=O)c1ccc(-c2c(C#N)c3cc(F)cnc3n2-c2cc(F)ccn2)nc1)C(F)(F)F. The van der Waals surface area contributed by atoms with Gasteiger partial charge >= 0.3 is 6.18 Å². The minimum Gasteiger partial charge on any atom is -0.275 e. The van der Waals surface area contributed by atoms with Crippen molar-refractivity contribution in [3.8, 4) is 23.3 Å². The smallest absolute Gasteiger partial charge is 0.275 e. The van der Waals surface area contributed by atoms with Gasteiger partial charge in [0.2, 0.25) is 10.0 Å². The van der Waals surface area contributed by atoms with Crippen molar-refractivity contribution < 1.29 is 30.4 Å². The lowest BCUT2D eigenvalue weighted by molar-refractivity contribution is -0.147. The van der Waals surface area contributed by atoms with E-state index in [0.29, 0.717) is 6.92 Å². The summed E-state index contributed by atoms with van der Waals surface area (Å²) in [4.78, 5) is 11.5. The van der Waals surface area contributed by atoms with Gasteiger partial charge in [0.05, 0.1) is 23.1 Å². The van der Waals surface area contributed by atoms with Crippen LogP contribution in [0.15, 0.2) is 53.8 Å². The van der Waals surface area contributed by atoms with E-state index >= 15 is 0 Å². The van der Waals surface area contributed by atoms with Gasteiger partial charge in [0.25, 0.3) is 0 Å². The summed E-state index contributed by atoms with van der Waals surface area (Å²) >= 11 is 0. The monoisotopic (exact) mass is 508 g/mol. The number of nitrogens with zero attached hydrogens (tertiary/aromatic N) is 5. The average molecular weight is 508 g/mol. The summed E-state index contributed by atoms with van der Waals surface area (Å²) in [5.41, 5.74) is -0.0756. The first-order valence-electron chi connectivity index (χ1n) is 9.70. The summed E-state index contributed by atoms with van der Waals surface area (Å²) < 4.78 is 93.7. The highest BCUT2D eigenvalue weighted by atomic mass is 32.2. The predicted molar refractivity (Wildman–Crippen MR) is 113 cm³/mol. The lowest BCUT2D eigenvalue weighted by Gasteiger charge is -2.17. The van der Waals surface area contributed by atoms with E-state index < -0.39 is 38.8 Å². The lowest BCUT2D eigenvalue weighted by atomic mass is 10.1. The molecule has 0 fully saturated rings. The number of aromatic nitrogens is 4. The predicted octanol–water partition coefficient (Wildman–Crippen LogP) is 3.86. The fourth-order valence-corrected chi connectivity index (χ4v) is 4.45. The van der Waals surface area contributed by atoms with Crippen LogP contribution in [0.4, 0.5) is 22.0 Å². The van der Waals surface area contributed by atoms with Gasteiger partial charge in [-0.25, -0.2) is 27.2 Å². The van der Waals surface area contributed by atoms with Gasteiger partial charge in [0.15, 0.2) is 0 Å². The number of alkyl halides is 3. The molecule has 0 aliphatic rings. The molecule has 4 heterocycles. The van der Waals surface area contributed by atoms with Crippen molar-refractivity contribution in [1.82, 2.24) is 24.2 Å². The average Bonchev–Trinajstić information content (AvgIpc) is 3.11. The topological polar surface area (TPSA) is 114 Å². The molecule has 1 unspecified atom stereocenters. The van der Waals surface area contributed by atoms with Crippen LogP contribution in [0.25, 0.3) is 28.2 Å². The van der Waals surface area contributed by atoms with Crippen molar-refractivity contribution in [2.24, 2.45) is 0 Å². The van der Waals surface area contributed by atoms with E-state index in [9.17, 15) is 35.6 Å². The third-order valence-electron chi connectivity index (χ3n) is 4.94. The van der Waals surface area contributed by atoms with Gasteiger partial charge in [-0.1, -0.05) is 0 Å². The number of hydrogen-bond acceptors (Lipinski definition) is 6. The van der Waals surface area contributed by atoms with E-state index in [1.165, 1.54) is 9.29 Å². The van der Waals surface area contributed by atoms with Crippen molar-refractivity contribution >= 4 is 21.1 Å². The summed E-state index contributed by atoms with van der Waals surface area (Å²) in [6.07, 6.45) is -1.95. The normalized spacial score (nSPS) is 13.1. The second-order valence-electron chi connectivity index (χ2n) is 7.29. The van der Waals surface area contributed by atoms with Crippen molar-refractivity contribution in [2.45, 2.75) is 24.0 Å². The highest BCUT2D eigenvalue weighted by Crippen LogP contribution is 2.34. The fourth-order valence-electron chi connectivity index (χ4n) is 3.28. The Hall–Kier alpha value is -3.96. The van der Waals surface area contributed by atoms with Crippen LogP contribution in [0.5, 0.6) is 0 Å². The van der Waals surface area contributed by atoms with Crippen LogP contribution in [0.3, 0.4) is 0 Å². The maximum atomic E-state index is 13.9. The number of fused-ring (bicyclic) bond motifs is 1. The number of sulfonamides is 1. The molecule has 0 aliphatic carbocycles. The van der Waals surface area contributed by atoms with Crippen LogP contribution in [0.2, 0.25) is 0 Å². The van der Waals surface area contributed by atoms with Crippen molar-refractivity contribution in [3.05, 3.63) is 66.1 Å². The molecule has 0 spiro atoms. The fraction of sp³-hybridized carbons (Fsp3) is 0.143. The molecule has 180 valence electrons. The molecule has 1 N–H and O–H groups in total. The van der Waals surface area contributed by atoms with Gasteiger partial charge in [-0.05, 0) is 31.2 Å². The van der Waals surface area contributed by atoms with Gasteiger partial charge in [0, 0.05) is 23.8 Å². The number of nitriles is 1.